The van der Waals surface area contributed by atoms with Crippen molar-refractivity contribution in [2.24, 2.45) is 0 Å². The van der Waals surface area contributed by atoms with Crippen LogP contribution in [0, 0.1) is 0 Å². The Morgan fingerprint density at radius 1 is 1.88 bits per heavy atom. The first-order chi connectivity index (χ1) is 3.72. The molecule has 46 valence electrons. The van der Waals surface area contributed by atoms with Gasteiger partial charge in [-0.1, -0.05) is 6.58 Å². The standard InChI is InChI=1S/C6H11NS/c1-5-4-8-6(2)7(5)3/h6H,1,4H2,2-3H3. The Hall–Kier alpha value is -0.110. The van der Waals surface area contributed by atoms with Crippen LogP contribution in [0.3, 0.4) is 0 Å². The predicted octanol–water partition coefficient (Wildman–Crippen LogP) is 1.52. The molecule has 0 radical (unpaired) electrons. The first kappa shape index (κ1) is 6.02. The summed E-state index contributed by atoms with van der Waals surface area (Å²) < 4.78 is 0. The average molecular weight is 129 g/mol. The van der Waals surface area contributed by atoms with Gasteiger partial charge in [0.2, 0.25) is 0 Å². The van der Waals surface area contributed by atoms with Crippen LogP contribution in [-0.4, -0.2) is 23.1 Å². The molecule has 0 aromatic heterocycles. The van der Waals surface area contributed by atoms with Gasteiger partial charge in [-0.15, -0.1) is 11.8 Å². The molecule has 1 atom stereocenters. The summed E-state index contributed by atoms with van der Waals surface area (Å²) in [7, 11) is 2.09. The van der Waals surface area contributed by atoms with Gasteiger partial charge in [0.05, 0.1) is 5.37 Å². The molecule has 0 aromatic carbocycles. The van der Waals surface area contributed by atoms with Crippen LogP contribution in [0.4, 0.5) is 0 Å². The molecule has 1 fully saturated rings. The maximum atomic E-state index is 3.89. The topological polar surface area (TPSA) is 3.24 Å². The fourth-order valence-corrected chi connectivity index (χ4v) is 1.70. The van der Waals surface area contributed by atoms with E-state index in [1.165, 1.54) is 5.70 Å². The van der Waals surface area contributed by atoms with Crippen molar-refractivity contribution in [3.8, 4) is 0 Å². The summed E-state index contributed by atoms with van der Waals surface area (Å²) in [4.78, 5) is 2.21. The second-order valence-electron chi connectivity index (χ2n) is 2.09. The van der Waals surface area contributed by atoms with Crippen LogP contribution in [0.5, 0.6) is 0 Å². The van der Waals surface area contributed by atoms with E-state index in [0.717, 1.165) is 5.75 Å². The fourth-order valence-electron chi connectivity index (χ4n) is 0.688. The van der Waals surface area contributed by atoms with Gasteiger partial charge >= 0.3 is 0 Å². The van der Waals surface area contributed by atoms with E-state index in [1.807, 2.05) is 11.8 Å². The molecule has 0 spiro atoms. The largest absolute Gasteiger partial charge is 0.366 e. The number of hydrogen-bond acceptors (Lipinski definition) is 2. The summed E-state index contributed by atoms with van der Waals surface area (Å²) in [5, 5.41) is 0.641. The van der Waals surface area contributed by atoms with Crippen LogP contribution in [0.25, 0.3) is 0 Å². The molecule has 1 aliphatic rings. The lowest BCUT2D eigenvalue weighted by molar-refractivity contribution is 0.433. The van der Waals surface area contributed by atoms with Crippen molar-refractivity contribution in [2.75, 3.05) is 12.8 Å². The zero-order valence-corrected chi connectivity index (χ0v) is 6.16. The van der Waals surface area contributed by atoms with E-state index in [2.05, 4.69) is 25.5 Å². The van der Waals surface area contributed by atoms with Gasteiger partial charge in [0, 0.05) is 18.5 Å². The number of nitrogens with zero attached hydrogens (tertiary/aromatic N) is 1. The maximum Gasteiger partial charge on any atom is 0.0720 e. The highest BCUT2D eigenvalue weighted by Crippen LogP contribution is 2.27. The van der Waals surface area contributed by atoms with E-state index in [-0.39, 0.29) is 0 Å². The van der Waals surface area contributed by atoms with Gasteiger partial charge in [-0.3, -0.25) is 0 Å². The van der Waals surface area contributed by atoms with Gasteiger partial charge in [-0.25, -0.2) is 0 Å². The van der Waals surface area contributed by atoms with E-state index in [1.54, 1.807) is 0 Å². The van der Waals surface area contributed by atoms with Crippen molar-refractivity contribution in [3.05, 3.63) is 12.3 Å². The van der Waals surface area contributed by atoms with Crippen LogP contribution in [0.15, 0.2) is 12.3 Å². The van der Waals surface area contributed by atoms with Gasteiger partial charge in [0.15, 0.2) is 0 Å². The second kappa shape index (κ2) is 2.02. The van der Waals surface area contributed by atoms with Crippen molar-refractivity contribution < 1.29 is 0 Å². The molecule has 1 aliphatic heterocycles. The molecule has 1 rings (SSSR count). The first-order valence-electron chi connectivity index (χ1n) is 2.74. The van der Waals surface area contributed by atoms with Crippen LogP contribution in [0.2, 0.25) is 0 Å². The Balaban J connectivity index is 2.56. The molecular formula is C6H11NS. The van der Waals surface area contributed by atoms with E-state index < -0.39 is 0 Å². The minimum absolute atomic E-state index is 0.641. The summed E-state index contributed by atoms with van der Waals surface area (Å²) >= 11 is 1.94. The van der Waals surface area contributed by atoms with Gasteiger partial charge in [-0.2, -0.15) is 0 Å². The normalized spacial score (nSPS) is 29.5. The third kappa shape index (κ3) is 0.848. The monoisotopic (exact) mass is 129 g/mol. The predicted molar refractivity (Wildman–Crippen MR) is 38.8 cm³/mol. The molecule has 1 unspecified atom stereocenters. The van der Waals surface area contributed by atoms with Gasteiger partial charge in [0.1, 0.15) is 0 Å². The van der Waals surface area contributed by atoms with Crippen molar-refractivity contribution in [2.45, 2.75) is 12.3 Å². The lowest BCUT2D eigenvalue weighted by Crippen LogP contribution is -2.17. The summed E-state index contributed by atoms with van der Waals surface area (Å²) in [6.07, 6.45) is 0. The van der Waals surface area contributed by atoms with Crippen LogP contribution in [0.1, 0.15) is 6.92 Å². The molecule has 2 heteroatoms. The van der Waals surface area contributed by atoms with Crippen molar-refractivity contribution >= 4 is 11.8 Å². The Bertz CT molecular complexity index is 111. The van der Waals surface area contributed by atoms with Crippen LogP contribution < -0.4 is 0 Å². The van der Waals surface area contributed by atoms with Gasteiger partial charge in [-0.05, 0) is 6.92 Å². The summed E-state index contributed by atoms with van der Waals surface area (Å²) in [6.45, 7) is 6.09. The molecule has 1 saturated heterocycles. The Morgan fingerprint density at radius 3 is 2.62 bits per heavy atom. The van der Waals surface area contributed by atoms with Gasteiger partial charge in [0.25, 0.3) is 0 Å². The molecule has 0 saturated carbocycles. The van der Waals surface area contributed by atoms with E-state index in [9.17, 15) is 0 Å². The minimum Gasteiger partial charge on any atom is -0.366 e. The molecule has 1 nitrogen and oxygen atoms in total. The minimum atomic E-state index is 0.641. The maximum absolute atomic E-state index is 3.89. The van der Waals surface area contributed by atoms with Crippen LogP contribution >= 0.6 is 11.8 Å². The Kier molecular flexibility index (Phi) is 1.52. The third-order valence-corrected chi connectivity index (χ3v) is 2.83. The molecule has 0 N–H and O–H groups in total. The highest BCUT2D eigenvalue weighted by Gasteiger charge is 2.18. The second-order valence-corrected chi connectivity index (χ2v) is 3.39. The molecule has 0 amide bonds. The highest BCUT2D eigenvalue weighted by molar-refractivity contribution is 8.00. The van der Waals surface area contributed by atoms with E-state index >= 15 is 0 Å². The lowest BCUT2D eigenvalue weighted by atomic mass is 10.5. The SMILES string of the molecule is C=C1CSC(C)N1C. The summed E-state index contributed by atoms with van der Waals surface area (Å²) in [5.41, 5.74) is 1.25. The van der Waals surface area contributed by atoms with Crippen molar-refractivity contribution in [3.63, 3.8) is 0 Å². The molecule has 0 aromatic rings. The van der Waals surface area contributed by atoms with Gasteiger partial charge < -0.3 is 4.90 Å². The molecular weight excluding hydrogens is 118 g/mol. The number of hydrogen-bond donors (Lipinski definition) is 0. The summed E-state index contributed by atoms with van der Waals surface area (Å²) in [5.74, 6) is 1.11. The highest BCUT2D eigenvalue weighted by atomic mass is 32.2. The van der Waals surface area contributed by atoms with Crippen molar-refractivity contribution in [1.29, 1.82) is 0 Å². The quantitative estimate of drug-likeness (QED) is 0.488. The van der Waals surface area contributed by atoms with E-state index in [4.69, 9.17) is 0 Å². The van der Waals surface area contributed by atoms with Crippen LogP contribution in [-0.2, 0) is 0 Å². The summed E-state index contributed by atoms with van der Waals surface area (Å²) in [6, 6.07) is 0. The average Bonchev–Trinajstić information content (AvgIpc) is 1.98. The number of rotatable bonds is 0. The van der Waals surface area contributed by atoms with E-state index in [0.29, 0.717) is 5.37 Å². The molecule has 0 bridgehead atoms. The zero-order valence-electron chi connectivity index (χ0n) is 5.35. The fraction of sp³-hybridized carbons (Fsp3) is 0.667. The first-order valence-corrected chi connectivity index (χ1v) is 3.79. The Labute approximate surface area is 54.8 Å². The smallest absolute Gasteiger partial charge is 0.0720 e. The molecule has 0 aliphatic carbocycles. The number of thioether (sulfide) groups is 1. The zero-order chi connectivity index (χ0) is 6.15. The molecule has 1 heterocycles. The lowest BCUT2D eigenvalue weighted by Gasteiger charge is -2.15. The van der Waals surface area contributed by atoms with Crippen molar-refractivity contribution in [1.82, 2.24) is 4.90 Å². The third-order valence-electron chi connectivity index (χ3n) is 1.54. The Morgan fingerprint density at radius 2 is 2.50 bits per heavy atom. The molecule has 8 heavy (non-hydrogen) atoms.